The summed E-state index contributed by atoms with van der Waals surface area (Å²) in [6.45, 7) is 2.89. The molecule has 1 aromatic carbocycles. The molecule has 0 bridgehead atoms. The highest BCUT2D eigenvalue weighted by atomic mass is 16.2. The van der Waals surface area contributed by atoms with Gasteiger partial charge >= 0.3 is 0 Å². The molecule has 1 N–H and O–H groups in total. The van der Waals surface area contributed by atoms with E-state index in [4.69, 9.17) is 0 Å². The Kier molecular flexibility index (Phi) is 5.49. The zero-order valence-corrected chi connectivity index (χ0v) is 14.9. The average Bonchev–Trinajstić information content (AvgIpc) is 3.14. The van der Waals surface area contributed by atoms with Crippen LogP contribution in [0.2, 0.25) is 0 Å². The molecule has 2 heterocycles. The molecular formula is C21H25N3O. The zero-order chi connectivity index (χ0) is 17.6. The normalized spacial score (nSPS) is 16.2. The number of benzene rings is 1. The molecule has 0 unspecified atom stereocenters. The van der Waals surface area contributed by atoms with Crippen molar-refractivity contribution in [1.82, 2.24) is 9.88 Å². The number of nitrogens with zero attached hydrogens (tertiary/aromatic N) is 2. The maximum Gasteiger partial charge on any atom is 0.254 e. The molecule has 0 aliphatic carbocycles. The lowest BCUT2D eigenvalue weighted by atomic mass is 10.0. The van der Waals surface area contributed by atoms with Gasteiger partial charge in [-0.05, 0) is 36.2 Å². The summed E-state index contributed by atoms with van der Waals surface area (Å²) < 4.78 is 0. The number of nitrogens with one attached hydrogen (secondary N) is 1. The molecule has 25 heavy (non-hydrogen) atoms. The molecule has 2 aromatic rings. The van der Waals surface area contributed by atoms with Crippen LogP contribution < -0.4 is 5.32 Å². The van der Waals surface area contributed by atoms with Crippen LogP contribution in [0.4, 0.5) is 5.82 Å². The smallest absolute Gasteiger partial charge is 0.254 e. The largest absolute Gasteiger partial charge is 0.373 e. The first-order valence-electron chi connectivity index (χ1n) is 8.94. The van der Waals surface area contributed by atoms with Crippen LogP contribution >= 0.6 is 0 Å². The topological polar surface area (TPSA) is 45.2 Å². The highest BCUT2D eigenvalue weighted by Gasteiger charge is 2.25. The third-order valence-corrected chi connectivity index (χ3v) is 4.64. The fraction of sp³-hybridized carbons (Fsp3) is 0.333. The van der Waals surface area contributed by atoms with Gasteiger partial charge in [0.25, 0.3) is 5.91 Å². The Hall–Kier alpha value is -2.62. The maximum atomic E-state index is 13.0. The van der Waals surface area contributed by atoms with Crippen molar-refractivity contribution in [2.24, 2.45) is 0 Å². The van der Waals surface area contributed by atoms with E-state index < -0.39 is 0 Å². The Morgan fingerprint density at radius 2 is 2.16 bits per heavy atom. The summed E-state index contributed by atoms with van der Waals surface area (Å²) >= 11 is 0. The van der Waals surface area contributed by atoms with E-state index in [2.05, 4.69) is 29.4 Å². The van der Waals surface area contributed by atoms with Crippen molar-refractivity contribution in [3.05, 3.63) is 60.3 Å². The van der Waals surface area contributed by atoms with Gasteiger partial charge in [-0.2, -0.15) is 0 Å². The van der Waals surface area contributed by atoms with Gasteiger partial charge in [0.1, 0.15) is 5.82 Å². The molecular weight excluding hydrogens is 310 g/mol. The number of aromatic nitrogens is 1. The van der Waals surface area contributed by atoms with Gasteiger partial charge in [0, 0.05) is 30.9 Å². The summed E-state index contributed by atoms with van der Waals surface area (Å²) in [5.41, 5.74) is 2.76. The van der Waals surface area contributed by atoms with Crippen molar-refractivity contribution in [3.63, 3.8) is 0 Å². The molecule has 1 aliphatic heterocycles. The van der Waals surface area contributed by atoms with Gasteiger partial charge in [-0.25, -0.2) is 4.98 Å². The fourth-order valence-corrected chi connectivity index (χ4v) is 3.18. The summed E-state index contributed by atoms with van der Waals surface area (Å²) in [5, 5.41) is 3.02. The highest BCUT2D eigenvalue weighted by Crippen LogP contribution is 2.24. The number of anilines is 1. The van der Waals surface area contributed by atoms with Crippen molar-refractivity contribution in [1.29, 1.82) is 0 Å². The summed E-state index contributed by atoms with van der Waals surface area (Å²) in [5.74, 6) is 0.936. The molecule has 1 atom stereocenters. The van der Waals surface area contributed by atoms with Crippen LogP contribution in [0.5, 0.6) is 0 Å². The van der Waals surface area contributed by atoms with E-state index >= 15 is 0 Å². The van der Waals surface area contributed by atoms with Crippen molar-refractivity contribution >= 4 is 11.7 Å². The van der Waals surface area contributed by atoms with Crippen LogP contribution in [0.3, 0.4) is 0 Å². The summed E-state index contributed by atoms with van der Waals surface area (Å²) in [7, 11) is 1.85. The van der Waals surface area contributed by atoms with Crippen LogP contribution in [-0.4, -0.2) is 35.4 Å². The molecule has 0 saturated carbocycles. The lowest BCUT2D eigenvalue weighted by Gasteiger charge is -2.25. The lowest BCUT2D eigenvalue weighted by Crippen LogP contribution is -2.36. The molecule has 1 aliphatic rings. The van der Waals surface area contributed by atoms with E-state index in [1.165, 1.54) is 0 Å². The summed E-state index contributed by atoms with van der Waals surface area (Å²) in [6, 6.07) is 12.0. The second-order valence-electron chi connectivity index (χ2n) is 6.36. The number of hydrogen-bond acceptors (Lipinski definition) is 3. The van der Waals surface area contributed by atoms with Gasteiger partial charge in [-0.3, -0.25) is 4.79 Å². The number of hydrogen-bond donors (Lipinski definition) is 1. The molecule has 0 saturated heterocycles. The third kappa shape index (κ3) is 3.90. The average molecular weight is 335 g/mol. The molecule has 4 nitrogen and oxygen atoms in total. The molecule has 0 fully saturated rings. The number of rotatable bonds is 6. The number of carbonyl (C=O) groups is 1. The minimum Gasteiger partial charge on any atom is -0.373 e. The molecule has 3 rings (SSSR count). The summed E-state index contributed by atoms with van der Waals surface area (Å²) in [4.78, 5) is 19.3. The Labute approximate surface area is 149 Å². The number of pyridine rings is 1. The van der Waals surface area contributed by atoms with Crippen molar-refractivity contribution in [3.8, 4) is 11.1 Å². The van der Waals surface area contributed by atoms with E-state index in [1.54, 1.807) is 0 Å². The minimum absolute atomic E-state index is 0.104. The fourth-order valence-electron chi connectivity index (χ4n) is 3.18. The van der Waals surface area contributed by atoms with Crippen molar-refractivity contribution in [2.45, 2.75) is 32.2 Å². The number of unbranched alkanes of at least 4 members (excludes halogenated alkanes) is 1. The standard InChI is InChI=1S/C21H25N3O/c1-3-4-9-19-10-6-13-24(19)21(25)17-8-5-7-16(14-17)18-11-12-20(22-2)23-15-18/h5-8,10-12,14-15,19H,3-4,9,13H2,1-2H3,(H,22,23)/t19-/m0/s1. The first-order valence-corrected chi connectivity index (χ1v) is 8.94. The van der Waals surface area contributed by atoms with E-state index in [0.717, 1.165) is 41.8 Å². The minimum atomic E-state index is 0.104. The second-order valence-corrected chi connectivity index (χ2v) is 6.36. The van der Waals surface area contributed by atoms with Crippen LogP contribution in [0, 0.1) is 0 Å². The zero-order valence-electron chi connectivity index (χ0n) is 14.9. The van der Waals surface area contributed by atoms with Crippen molar-refractivity contribution < 1.29 is 4.79 Å². The molecule has 0 spiro atoms. The highest BCUT2D eigenvalue weighted by molar-refractivity contribution is 5.96. The van der Waals surface area contributed by atoms with Gasteiger partial charge in [-0.1, -0.05) is 44.1 Å². The Morgan fingerprint density at radius 1 is 1.28 bits per heavy atom. The Bertz CT molecular complexity index is 752. The Morgan fingerprint density at radius 3 is 2.88 bits per heavy atom. The Balaban J connectivity index is 1.79. The first kappa shape index (κ1) is 17.2. The molecule has 130 valence electrons. The monoisotopic (exact) mass is 335 g/mol. The second kappa shape index (κ2) is 7.97. The quantitative estimate of drug-likeness (QED) is 0.798. The van der Waals surface area contributed by atoms with Crippen LogP contribution in [0.1, 0.15) is 36.5 Å². The van der Waals surface area contributed by atoms with E-state index in [1.807, 2.05) is 54.5 Å². The van der Waals surface area contributed by atoms with Crippen molar-refractivity contribution in [2.75, 3.05) is 18.9 Å². The first-order chi connectivity index (χ1) is 12.2. The molecule has 0 radical (unpaired) electrons. The SMILES string of the molecule is CCCC[C@H]1C=CCN1C(=O)c1cccc(-c2ccc(NC)nc2)c1. The molecule has 1 amide bonds. The van der Waals surface area contributed by atoms with E-state index in [-0.39, 0.29) is 11.9 Å². The number of carbonyl (C=O) groups excluding carboxylic acids is 1. The van der Waals surface area contributed by atoms with E-state index in [0.29, 0.717) is 6.54 Å². The van der Waals surface area contributed by atoms with Gasteiger partial charge in [0.15, 0.2) is 0 Å². The predicted molar refractivity (Wildman–Crippen MR) is 103 cm³/mol. The number of amides is 1. The van der Waals surface area contributed by atoms with Gasteiger partial charge < -0.3 is 10.2 Å². The summed E-state index contributed by atoms with van der Waals surface area (Å²) in [6.07, 6.45) is 9.42. The van der Waals surface area contributed by atoms with Crippen LogP contribution in [-0.2, 0) is 0 Å². The molecule has 4 heteroatoms. The lowest BCUT2D eigenvalue weighted by molar-refractivity contribution is 0.0743. The van der Waals surface area contributed by atoms with Gasteiger partial charge in [-0.15, -0.1) is 0 Å². The van der Waals surface area contributed by atoms with E-state index in [9.17, 15) is 4.79 Å². The third-order valence-electron chi connectivity index (χ3n) is 4.64. The van der Waals surface area contributed by atoms with Gasteiger partial charge in [0.2, 0.25) is 0 Å². The predicted octanol–water partition coefficient (Wildman–Crippen LogP) is 4.36. The maximum absolute atomic E-state index is 13.0. The van der Waals surface area contributed by atoms with Crippen LogP contribution in [0.25, 0.3) is 11.1 Å². The van der Waals surface area contributed by atoms with Crippen LogP contribution in [0.15, 0.2) is 54.7 Å². The molecule has 1 aromatic heterocycles. The van der Waals surface area contributed by atoms with Gasteiger partial charge in [0.05, 0.1) is 6.04 Å².